The molecule has 5 N–H and O–H groups in total. The summed E-state index contributed by atoms with van der Waals surface area (Å²) in [5, 5.41) is 8.79. The zero-order valence-electron chi connectivity index (χ0n) is 16.5. The van der Waals surface area contributed by atoms with Crippen LogP contribution in [0, 0.1) is 0 Å². The minimum atomic E-state index is -0.467. The number of aromatic nitrogens is 2. The number of hydrogen-bond donors (Lipinski definition) is 4. The molecule has 2 aliphatic heterocycles. The van der Waals surface area contributed by atoms with E-state index < -0.39 is 5.91 Å². The largest absolute Gasteiger partial charge is 0.474 e. The summed E-state index contributed by atoms with van der Waals surface area (Å²) in [6.07, 6.45) is 3.67. The number of carbonyl (C=O) groups excluding carboxylic acids is 1. The van der Waals surface area contributed by atoms with E-state index in [0.717, 1.165) is 31.5 Å². The SMILES string of the molecule is Nc1nc(OC2CC2)c(C(=O)Nc2c(Cl)cccc2Cl)c(C2=CNN(C3CNC3)C2)n1. The van der Waals surface area contributed by atoms with Crippen LogP contribution in [0.4, 0.5) is 11.6 Å². The van der Waals surface area contributed by atoms with Crippen LogP contribution in [0.2, 0.25) is 10.0 Å². The van der Waals surface area contributed by atoms with E-state index >= 15 is 0 Å². The van der Waals surface area contributed by atoms with E-state index in [1.54, 1.807) is 18.2 Å². The Morgan fingerprint density at radius 2 is 1.97 bits per heavy atom. The molecule has 11 heteroatoms. The number of halogens is 2. The van der Waals surface area contributed by atoms with E-state index in [1.807, 2.05) is 6.20 Å². The van der Waals surface area contributed by atoms with Crippen LogP contribution in [0.5, 0.6) is 5.88 Å². The molecule has 9 nitrogen and oxygen atoms in total. The van der Waals surface area contributed by atoms with Gasteiger partial charge in [-0.15, -0.1) is 0 Å². The van der Waals surface area contributed by atoms with Gasteiger partial charge in [0.1, 0.15) is 11.7 Å². The maximum Gasteiger partial charge on any atom is 0.263 e. The Morgan fingerprint density at radius 3 is 2.61 bits per heavy atom. The molecule has 1 saturated heterocycles. The lowest BCUT2D eigenvalue weighted by atomic mass is 10.1. The number of hydrazine groups is 1. The van der Waals surface area contributed by atoms with Gasteiger partial charge in [0.2, 0.25) is 11.8 Å². The van der Waals surface area contributed by atoms with Crippen molar-refractivity contribution >= 4 is 46.3 Å². The summed E-state index contributed by atoms with van der Waals surface area (Å²) >= 11 is 12.5. The number of nitrogens with two attached hydrogens (primary N) is 1. The molecule has 0 bridgehead atoms. The number of rotatable bonds is 6. The third-order valence-electron chi connectivity index (χ3n) is 5.37. The first-order valence-electron chi connectivity index (χ1n) is 10.0. The van der Waals surface area contributed by atoms with Gasteiger partial charge in [0.15, 0.2) is 0 Å². The van der Waals surface area contributed by atoms with Crippen molar-refractivity contribution in [3.05, 3.63) is 45.7 Å². The number of anilines is 2. The molecule has 0 atom stereocenters. The molecule has 0 spiro atoms. The van der Waals surface area contributed by atoms with E-state index in [-0.39, 0.29) is 23.5 Å². The van der Waals surface area contributed by atoms with E-state index in [9.17, 15) is 4.79 Å². The highest BCUT2D eigenvalue weighted by molar-refractivity contribution is 6.40. The first-order valence-corrected chi connectivity index (χ1v) is 10.8. The Balaban J connectivity index is 1.51. The Kier molecular flexibility index (Phi) is 5.35. The fraction of sp³-hybridized carbons (Fsp3) is 0.350. The van der Waals surface area contributed by atoms with Gasteiger partial charge in [0.05, 0.1) is 27.5 Å². The number of nitrogens with one attached hydrogen (secondary N) is 3. The van der Waals surface area contributed by atoms with Gasteiger partial charge in [-0.05, 0) is 25.0 Å². The molecular formula is C20H21Cl2N7O2. The highest BCUT2D eigenvalue weighted by atomic mass is 35.5. The maximum absolute atomic E-state index is 13.4. The molecule has 3 aliphatic rings. The van der Waals surface area contributed by atoms with Gasteiger partial charge in [0, 0.05) is 31.4 Å². The maximum atomic E-state index is 13.4. The topological polar surface area (TPSA) is 117 Å². The lowest BCUT2D eigenvalue weighted by Crippen LogP contribution is -2.59. The molecule has 1 saturated carbocycles. The minimum absolute atomic E-state index is 0.0193. The summed E-state index contributed by atoms with van der Waals surface area (Å²) in [5.41, 5.74) is 11.0. The smallest absolute Gasteiger partial charge is 0.263 e. The summed E-state index contributed by atoms with van der Waals surface area (Å²) in [7, 11) is 0. The van der Waals surface area contributed by atoms with Crippen LogP contribution in [-0.4, -0.2) is 52.7 Å². The van der Waals surface area contributed by atoms with Crippen LogP contribution >= 0.6 is 23.2 Å². The number of ether oxygens (including phenoxy) is 1. The normalized spacial score (nSPS) is 18.8. The lowest BCUT2D eigenvalue weighted by Gasteiger charge is -2.35. The monoisotopic (exact) mass is 461 g/mol. The number of nitrogen functional groups attached to an aromatic ring is 1. The van der Waals surface area contributed by atoms with Crippen molar-refractivity contribution in [2.24, 2.45) is 0 Å². The van der Waals surface area contributed by atoms with Gasteiger partial charge < -0.3 is 26.5 Å². The van der Waals surface area contributed by atoms with Crippen LogP contribution in [0.15, 0.2) is 24.4 Å². The van der Waals surface area contributed by atoms with Crippen LogP contribution in [0.3, 0.4) is 0 Å². The molecule has 5 rings (SSSR count). The zero-order valence-corrected chi connectivity index (χ0v) is 18.0. The standard InChI is InChI=1S/C20H21Cl2N7O2/c21-13-2-1-3-14(22)17(13)26-18(30)15-16(10-6-25-29(9-10)11-7-24-8-11)27-20(23)28-19(15)31-12-4-5-12/h1-3,6,11-12,24-25H,4-5,7-9H2,(H,26,30)(H2,23,27,28). The molecule has 162 valence electrons. The van der Waals surface area contributed by atoms with Crippen LogP contribution < -0.4 is 26.5 Å². The van der Waals surface area contributed by atoms with Crippen molar-refractivity contribution in [1.29, 1.82) is 0 Å². The van der Waals surface area contributed by atoms with Gasteiger partial charge in [-0.1, -0.05) is 29.3 Å². The van der Waals surface area contributed by atoms with Crippen LogP contribution in [0.25, 0.3) is 5.57 Å². The van der Waals surface area contributed by atoms with E-state index in [1.165, 1.54) is 0 Å². The second-order valence-electron chi connectivity index (χ2n) is 7.72. The Hall–Kier alpha value is -2.59. The summed E-state index contributed by atoms with van der Waals surface area (Å²) in [6, 6.07) is 5.38. The predicted octanol–water partition coefficient (Wildman–Crippen LogP) is 2.29. The molecule has 3 heterocycles. The first kappa shape index (κ1) is 20.3. The first-order chi connectivity index (χ1) is 15.0. The molecule has 31 heavy (non-hydrogen) atoms. The number of benzene rings is 1. The van der Waals surface area contributed by atoms with Crippen molar-refractivity contribution in [2.45, 2.75) is 25.0 Å². The Morgan fingerprint density at radius 1 is 1.23 bits per heavy atom. The minimum Gasteiger partial charge on any atom is -0.474 e. The molecule has 1 aromatic carbocycles. The number of carbonyl (C=O) groups is 1. The molecule has 2 fully saturated rings. The molecule has 0 radical (unpaired) electrons. The van der Waals surface area contributed by atoms with Gasteiger partial charge in [-0.25, -0.2) is 9.99 Å². The quantitative estimate of drug-likeness (QED) is 0.517. The predicted molar refractivity (Wildman–Crippen MR) is 119 cm³/mol. The van der Waals surface area contributed by atoms with Crippen LogP contribution in [0.1, 0.15) is 28.9 Å². The molecule has 1 aliphatic carbocycles. The second-order valence-corrected chi connectivity index (χ2v) is 8.53. The van der Waals surface area contributed by atoms with Crippen LogP contribution in [-0.2, 0) is 0 Å². The molecular weight excluding hydrogens is 441 g/mol. The van der Waals surface area contributed by atoms with Crippen molar-refractivity contribution in [2.75, 3.05) is 30.7 Å². The van der Waals surface area contributed by atoms with Gasteiger partial charge in [0.25, 0.3) is 5.91 Å². The molecule has 0 unspecified atom stereocenters. The summed E-state index contributed by atoms with van der Waals surface area (Å²) in [5.74, 6) is -0.261. The highest BCUT2D eigenvalue weighted by Crippen LogP contribution is 2.35. The lowest BCUT2D eigenvalue weighted by molar-refractivity contribution is 0.102. The summed E-state index contributed by atoms with van der Waals surface area (Å²) < 4.78 is 5.93. The van der Waals surface area contributed by atoms with E-state index in [4.69, 9.17) is 33.7 Å². The van der Waals surface area contributed by atoms with Gasteiger partial charge in [-0.3, -0.25) is 4.79 Å². The molecule has 1 aromatic heterocycles. The Bertz CT molecular complexity index is 1050. The average molecular weight is 462 g/mol. The number of hydrogen-bond acceptors (Lipinski definition) is 8. The highest BCUT2D eigenvalue weighted by Gasteiger charge is 2.34. The number of para-hydroxylation sites is 1. The summed E-state index contributed by atoms with van der Waals surface area (Å²) in [6.45, 7) is 2.36. The average Bonchev–Trinajstić information content (AvgIpc) is 3.37. The third-order valence-corrected chi connectivity index (χ3v) is 6.00. The summed E-state index contributed by atoms with van der Waals surface area (Å²) in [4.78, 5) is 22.0. The van der Waals surface area contributed by atoms with Crippen molar-refractivity contribution in [3.63, 3.8) is 0 Å². The number of amides is 1. The van der Waals surface area contributed by atoms with Crippen molar-refractivity contribution < 1.29 is 9.53 Å². The Labute approximate surface area is 188 Å². The van der Waals surface area contributed by atoms with Crippen molar-refractivity contribution in [1.82, 2.24) is 25.7 Å². The molecule has 2 aromatic rings. The fourth-order valence-electron chi connectivity index (χ4n) is 3.42. The van der Waals surface area contributed by atoms with E-state index in [0.29, 0.717) is 34.0 Å². The van der Waals surface area contributed by atoms with Gasteiger partial charge in [-0.2, -0.15) is 4.98 Å². The number of nitrogens with zero attached hydrogens (tertiary/aromatic N) is 3. The molecule has 1 amide bonds. The van der Waals surface area contributed by atoms with Gasteiger partial charge >= 0.3 is 0 Å². The van der Waals surface area contributed by atoms with Crippen molar-refractivity contribution in [3.8, 4) is 5.88 Å². The second kappa shape index (κ2) is 8.16. The zero-order chi connectivity index (χ0) is 21.5. The third kappa shape index (κ3) is 4.14. The fourth-order valence-corrected chi connectivity index (χ4v) is 3.92. The van der Waals surface area contributed by atoms with E-state index in [2.05, 4.69) is 31.0 Å².